The van der Waals surface area contributed by atoms with Crippen molar-refractivity contribution >= 4 is 23.2 Å². The van der Waals surface area contributed by atoms with E-state index in [9.17, 15) is 14.7 Å². The van der Waals surface area contributed by atoms with Crippen LogP contribution in [0.1, 0.15) is 27.2 Å². The number of aliphatic hydroxyl groups is 1. The Bertz CT molecular complexity index is 859. The van der Waals surface area contributed by atoms with Crippen LogP contribution in [0, 0.1) is 0 Å². The van der Waals surface area contributed by atoms with Gasteiger partial charge in [0.2, 0.25) is 0 Å². The highest BCUT2D eigenvalue weighted by molar-refractivity contribution is 7.12. The molecule has 0 bridgehead atoms. The standard InChI is InChI=1S/C19H18N2O4S/c22-17(15-7-4-10-25-15)16-9-8-14(26-16)12-21-19(24)18(23)20-11-13-5-2-1-3-6-13/h1-10,17,22H,11-12H2,(H,20,23)(H,21,24). The van der Waals surface area contributed by atoms with Crippen LogP contribution in [0.25, 0.3) is 0 Å². The first kappa shape index (κ1) is 17.9. The molecule has 3 aromatic rings. The van der Waals surface area contributed by atoms with Crippen LogP contribution < -0.4 is 10.6 Å². The fourth-order valence-corrected chi connectivity index (χ4v) is 3.28. The van der Waals surface area contributed by atoms with E-state index in [0.717, 1.165) is 10.4 Å². The average Bonchev–Trinajstić information content (AvgIpc) is 3.36. The van der Waals surface area contributed by atoms with E-state index in [4.69, 9.17) is 4.42 Å². The second kappa shape index (κ2) is 8.46. The number of carbonyl (C=O) groups is 2. The topological polar surface area (TPSA) is 91.6 Å². The predicted octanol–water partition coefficient (Wildman–Crippen LogP) is 2.36. The van der Waals surface area contributed by atoms with Gasteiger partial charge in [0.05, 0.1) is 12.8 Å². The fraction of sp³-hybridized carbons (Fsp3) is 0.158. The molecule has 0 fully saturated rings. The van der Waals surface area contributed by atoms with Gasteiger partial charge in [-0.2, -0.15) is 0 Å². The number of amides is 2. The van der Waals surface area contributed by atoms with Gasteiger partial charge in [0.1, 0.15) is 11.9 Å². The lowest BCUT2D eigenvalue weighted by molar-refractivity contribution is -0.139. The van der Waals surface area contributed by atoms with Crippen LogP contribution >= 0.6 is 11.3 Å². The first-order chi connectivity index (χ1) is 12.6. The zero-order valence-corrected chi connectivity index (χ0v) is 14.7. The van der Waals surface area contributed by atoms with Crippen molar-refractivity contribution < 1.29 is 19.1 Å². The Labute approximate surface area is 154 Å². The molecule has 1 aromatic carbocycles. The first-order valence-electron chi connectivity index (χ1n) is 8.03. The van der Waals surface area contributed by atoms with Gasteiger partial charge in [-0.25, -0.2) is 0 Å². The second-order valence-electron chi connectivity index (χ2n) is 5.57. The first-order valence-corrected chi connectivity index (χ1v) is 8.85. The Kier molecular flexibility index (Phi) is 5.83. The third-order valence-electron chi connectivity index (χ3n) is 3.69. The maximum absolute atomic E-state index is 11.9. The molecule has 0 spiro atoms. The molecule has 0 aliphatic rings. The summed E-state index contributed by atoms with van der Waals surface area (Å²) in [5, 5.41) is 15.4. The van der Waals surface area contributed by atoms with E-state index in [1.54, 1.807) is 24.3 Å². The highest BCUT2D eigenvalue weighted by Crippen LogP contribution is 2.28. The number of thiophene rings is 1. The summed E-state index contributed by atoms with van der Waals surface area (Å²) in [6.45, 7) is 0.513. The van der Waals surface area contributed by atoms with E-state index in [1.165, 1.54) is 17.6 Å². The smallest absolute Gasteiger partial charge is 0.309 e. The summed E-state index contributed by atoms with van der Waals surface area (Å²) < 4.78 is 5.19. The number of hydrogen-bond acceptors (Lipinski definition) is 5. The summed E-state index contributed by atoms with van der Waals surface area (Å²) >= 11 is 1.35. The fourth-order valence-electron chi connectivity index (χ4n) is 2.33. The molecule has 1 unspecified atom stereocenters. The van der Waals surface area contributed by atoms with Crippen LogP contribution in [0.5, 0.6) is 0 Å². The Morgan fingerprint density at radius 1 is 0.962 bits per heavy atom. The highest BCUT2D eigenvalue weighted by Gasteiger charge is 2.17. The van der Waals surface area contributed by atoms with E-state index in [-0.39, 0.29) is 6.54 Å². The summed E-state index contributed by atoms with van der Waals surface area (Å²) in [7, 11) is 0. The monoisotopic (exact) mass is 370 g/mol. The molecule has 2 heterocycles. The number of benzene rings is 1. The van der Waals surface area contributed by atoms with Gasteiger partial charge in [-0.15, -0.1) is 11.3 Å². The van der Waals surface area contributed by atoms with Crippen molar-refractivity contribution in [2.45, 2.75) is 19.2 Å². The van der Waals surface area contributed by atoms with Gasteiger partial charge in [0.15, 0.2) is 0 Å². The summed E-state index contributed by atoms with van der Waals surface area (Å²) in [5.74, 6) is -0.911. The molecule has 26 heavy (non-hydrogen) atoms. The van der Waals surface area contributed by atoms with Crippen LogP contribution in [-0.4, -0.2) is 16.9 Å². The molecule has 6 nitrogen and oxygen atoms in total. The lowest BCUT2D eigenvalue weighted by Gasteiger charge is -2.06. The van der Waals surface area contributed by atoms with Gasteiger partial charge in [0, 0.05) is 16.3 Å². The van der Waals surface area contributed by atoms with Crippen molar-refractivity contribution in [3.63, 3.8) is 0 Å². The predicted molar refractivity (Wildman–Crippen MR) is 97.2 cm³/mol. The maximum atomic E-state index is 11.9. The highest BCUT2D eigenvalue weighted by atomic mass is 32.1. The largest absolute Gasteiger partial charge is 0.466 e. The molecule has 0 aliphatic heterocycles. The molecule has 2 amide bonds. The van der Waals surface area contributed by atoms with Crippen LogP contribution in [0.3, 0.4) is 0 Å². The molecule has 2 aromatic heterocycles. The molecule has 3 N–H and O–H groups in total. The van der Waals surface area contributed by atoms with E-state index in [0.29, 0.717) is 17.2 Å². The van der Waals surface area contributed by atoms with E-state index >= 15 is 0 Å². The SMILES string of the molecule is O=C(NCc1ccccc1)C(=O)NCc1ccc(C(O)c2ccco2)s1. The molecule has 1 atom stereocenters. The molecule has 0 aliphatic carbocycles. The third kappa shape index (κ3) is 4.59. The third-order valence-corrected chi connectivity index (χ3v) is 4.83. The molecule has 134 valence electrons. The minimum Gasteiger partial charge on any atom is -0.466 e. The van der Waals surface area contributed by atoms with E-state index in [2.05, 4.69) is 10.6 Å². The van der Waals surface area contributed by atoms with Crippen LogP contribution in [0.15, 0.2) is 65.3 Å². The second-order valence-corrected chi connectivity index (χ2v) is 6.77. The zero-order chi connectivity index (χ0) is 18.4. The van der Waals surface area contributed by atoms with Crippen LogP contribution in [-0.2, 0) is 22.7 Å². The summed E-state index contributed by atoms with van der Waals surface area (Å²) in [5.41, 5.74) is 0.920. The zero-order valence-electron chi connectivity index (χ0n) is 13.8. The van der Waals surface area contributed by atoms with Crippen molar-refractivity contribution in [1.29, 1.82) is 0 Å². The molecular formula is C19H18N2O4S. The van der Waals surface area contributed by atoms with Crippen molar-refractivity contribution in [3.8, 4) is 0 Å². The van der Waals surface area contributed by atoms with Crippen molar-refractivity contribution in [1.82, 2.24) is 10.6 Å². The number of carbonyl (C=O) groups excluding carboxylic acids is 2. The van der Waals surface area contributed by atoms with Crippen molar-refractivity contribution in [3.05, 3.63) is 81.9 Å². The lowest BCUT2D eigenvalue weighted by Crippen LogP contribution is -2.39. The summed E-state index contributed by atoms with van der Waals surface area (Å²) in [6, 6.07) is 16.3. The average molecular weight is 370 g/mol. The quantitative estimate of drug-likeness (QED) is 0.581. The number of aliphatic hydroxyl groups excluding tert-OH is 1. The Morgan fingerprint density at radius 3 is 2.38 bits per heavy atom. The van der Waals surface area contributed by atoms with Crippen molar-refractivity contribution in [2.24, 2.45) is 0 Å². The number of hydrogen-bond donors (Lipinski definition) is 3. The Balaban J connectivity index is 1.48. The van der Waals surface area contributed by atoms with Gasteiger partial charge < -0.3 is 20.2 Å². The van der Waals surface area contributed by atoms with Gasteiger partial charge in [-0.05, 0) is 29.8 Å². The van der Waals surface area contributed by atoms with Gasteiger partial charge >= 0.3 is 11.8 Å². The van der Waals surface area contributed by atoms with E-state index < -0.39 is 17.9 Å². The number of nitrogens with one attached hydrogen (secondary N) is 2. The molecule has 7 heteroatoms. The number of furan rings is 1. The molecular weight excluding hydrogens is 352 g/mol. The minimum atomic E-state index is -0.839. The van der Waals surface area contributed by atoms with Crippen LogP contribution in [0.2, 0.25) is 0 Å². The molecule has 0 saturated carbocycles. The number of rotatable bonds is 6. The van der Waals surface area contributed by atoms with Gasteiger partial charge in [0.25, 0.3) is 0 Å². The minimum absolute atomic E-state index is 0.215. The molecule has 3 rings (SSSR count). The Morgan fingerprint density at radius 2 is 1.69 bits per heavy atom. The Hall–Kier alpha value is -2.90. The van der Waals surface area contributed by atoms with Crippen LogP contribution in [0.4, 0.5) is 0 Å². The lowest BCUT2D eigenvalue weighted by atomic mass is 10.2. The normalized spacial score (nSPS) is 11.7. The summed E-state index contributed by atoms with van der Waals surface area (Å²) in [4.78, 5) is 25.3. The molecule has 0 saturated heterocycles. The van der Waals surface area contributed by atoms with E-state index in [1.807, 2.05) is 30.3 Å². The van der Waals surface area contributed by atoms with Gasteiger partial charge in [-0.3, -0.25) is 9.59 Å². The summed E-state index contributed by atoms with van der Waals surface area (Å²) in [6.07, 6.45) is 0.662. The van der Waals surface area contributed by atoms with Crippen molar-refractivity contribution in [2.75, 3.05) is 0 Å². The van der Waals surface area contributed by atoms with Gasteiger partial charge in [-0.1, -0.05) is 30.3 Å². The molecule has 0 radical (unpaired) electrons. The maximum Gasteiger partial charge on any atom is 0.309 e.